The fourth-order valence-electron chi connectivity index (χ4n) is 1.27. The number of carbonyl (C=O) groups excluding carboxylic acids is 1. The van der Waals surface area contributed by atoms with Crippen LogP contribution in [0.15, 0.2) is 12.4 Å². The molecule has 0 bridgehead atoms. The molecule has 5 nitrogen and oxygen atoms in total. The molecule has 15 heavy (non-hydrogen) atoms. The van der Waals surface area contributed by atoms with Crippen LogP contribution >= 0.6 is 0 Å². The van der Waals surface area contributed by atoms with Crippen LogP contribution in [0.2, 0.25) is 0 Å². The second-order valence-electron chi connectivity index (χ2n) is 3.41. The van der Waals surface area contributed by atoms with Gasteiger partial charge in [0.25, 0.3) is 0 Å². The molecule has 0 fully saturated rings. The molecule has 4 N–H and O–H groups in total. The van der Waals surface area contributed by atoms with Crippen LogP contribution in [0.3, 0.4) is 0 Å². The lowest BCUT2D eigenvalue weighted by Crippen LogP contribution is -2.22. The van der Waals surface area contributed by atoms with Crippen molar-refractivity contribution in [1.82, 2.24) is 15.3 Å². The van der Waals surface area contributed by atoms with E-state index in [2.05, 4.69) is 15.3 Å². The standard InChI is InChI=1S/C10H18N4O/c11-5-3-1-2-4-10(15)14-8-9-12-6-7-13-9/h6-7H,1-5,8,11H2,(H,12,13)(H,14,15). The van der Waals surface area contributed by atoms with Gasteiger partial charge in [-0.1, -0.05) is 6.42 Å². The van der Waals surface area contributed by atoms with E-state index in [1.807, 2.05) is 0 Å². The topological polar surface area (TPSA) is 83.8 Å². The van der Waals surface area contributed by atoms with Crippen molar-refractivity contribution < 1.29 is 4.79 Å². The molecule has 0 aliphatic rings. The van der Waals surface area contributed by atoms with E-state index < -0.39 is 0 Å². The van der Waals surface area contributed by atoms with E-state index >= 15 is 0 Å². The Morgan fingerprint density at radius 2 is 2.33 bits per heavy atom. The van der Waals surface area contributed by atoms with Gasteiger partial charge in [0.1, 0.15) is 5.82 Å². The summed E-state index contributed by atoms with van der Waals surface area (Å²) in [7, 11) is 0. The molecule has 0 unspecified atom stereocenters. The fourth-order valence-corrected chi connectivity index (χ4v) is 1.27. The van der Waals surface area contributed by atoms with E-state index in [0.29, 0.717) is 19.5 Å². The summed E-state index contributed by atoms with van der Waals surface area (Å²) in [5, 5.41) is 2.80. The summed E-state index contributed by atoms with van der Waals surface area (Å²) in [4.78, 5) is 18.3. The van der Waals surface area contributed by atoms with E-state index in [9.17, 15) is 4.79 Å². The predicted octanol–water partition coefficient (Wildman–Crippen LogP) is 0.545. The molecular formula is C10H18N4O. The van der Waals surface area contributed by atoms with Crippen LogP contribution in [-0.2, 0) is 11.3 Å². The van der Waals surface area contributed by atoms with Crippen molar-refractivity contribution in [2.24, 2.45) is 5.73 Å². The van der Waals surface area contributed by atoms with Crippen LogP contribution < -0.4 is 11.1 Å². The number of aromatic nitrogens is 2. The summed E-state index contributed by atoms with van der Waals surface area (Å²) < 4.78 is 0. The Morgan fingerprint density at radius 3 is 3.00 bits per heavy atom. The minimum absolute atomic E-state index is 0.0726. The second kappa shape index (κ2) is 7.00. The Morgan fingerprint density at radius 1 is 1.47 bits per heavy atom. The van der Waals surface area contributed by atoms with Crippen molar-refractivity contribution in [3.63, 3.8) is 0 Å². The summed E-state index contributed by atoms with van der Waals surface area (Å²) in [5.41, 5.74) is 5.36. The van der Waals surface area contributed by atoms with Crippen LogP contribution in [0.5, 0.6) is 0 Å². The first-order chi connectivity index (χ1) is 7.33. The molecule has 1 aromatic heterocycles. The largest absolute Gasteiger partial charge is 0.349 e. The number of nitrogens with zero attached hydrogens (tertiary/aromatic N) is 1. The van der Waals surface area contributed by atoms with Crippen molar-refractivity contribution in [2.75, 3.05) is 6.54 Å². The number of H-pyrrole nitrogens is 1. The number of hydrogen-bond donors (Lipinski definition) is 3. The van der Waals surface area contributed by atoms with Gasteiger partial charge in [-0.05, 0) is 19.4 Å². The van der Waals surface area contributed by atoms with E-state index in [1.54, 1.807) is 12.4 Å². The van der Waals surface area contributed by atoms with Crippen molar-refractivity contribution >= 4 is 5.91 Å². The lowest BCUT2D eigenvalue weighted by atomic mass is 10.2. The fraction of sp³-hybridized carbons (Fsp3) is 0.600. The first-order valence-corrected chi connectivity index (χ1v) is 5.28. The van der Waals surface area contributed by atoms with Gasteiger partial charge in [-0.2, -0.15) is 0 Å². The highest BCUT2D eigenvalue weighted by molar-refractivity contribution is 5.75. The third-order valence-corrected chi connectivity index (χ3v) is 2.12. The zero-order valence-electron chi connectivity index (χ0n) is 8.83. The summed E-state index contributed by atoms with van der Waals surface area (Å²) in [6, 6.07) is 0. The number of nitrogens with one attached hydrogen (secondary N) is 2. The normalized spacial score (nSPS) is 10.2. The molecule has 1 aromatic rings. The third-order valence-electron chi connectivity index (χ3n) is 2.12. The zero-order chi connectivity index (χ0) is 10.9. The molecule has 84 valence electrons. The van der Waals surface area contributed by atoms with Gasteiger partial charge in [0.15, 0.2) is 0 Å². The molecule has 0 aliphatic heterocycles. The maximum absolute atomic E-state index is 11.3. The second-order valence-corrected chi connectivity index (χ2v) is 3.41. The molecule has 1 heterocycles. The summed E-state index contributed by atoms with van der Waals surface area (Å²) in [5.74, 6) is 0.855. The van der Waals surface area contributed by atoms with Gasteiger partial charge in [-0.15, -0.1) is 0 Å². The number of carbonyl (C=O) groups is 1. The quantitative estimate of drug-likeness (QED) is 0.574. The smallest absolute Gasteiger partial charge is 0.220 e. The van der Waals surface area contributed by atoms with Gasteiger partial charge in [-0.25, -0.2) is 4.98 Å². The molecule has 0 aromatic carbocycles. The van der Waals surface area contributed by atoms with Gasteiger partial charge in [0.2, 0.25) is 5.91 Å². The number of hydrogen-bond acceptors (Lipinski definition) is 3. The Hall–Kier alpha value is -1.36. The van der Waals surface area contributed by atoms with Crippen molar-refractivity contribution in [1.29, 1.82) is 0 Å². The van der Waals surface area contributed by atoms with Crippen molar-refractivity contribution in [2.45, 2.75) is 32.2 Å². The minimum Gasteiger partial charge on any atom is -0.349 e. The highest BCUT2D eigenvalue weighted by atomic mass is 16.1. The first-order valence-electron chi connectivity index (χ1n) is 5.28. The van der Waals surface area contributed by atoms with E-state index in [1.165, 1.54) is 0 Å². The summed E-state index contributed by atoms with van der Waals surface area (Å²) >= 11 is 0. The van der Waals surface area contributed by atoms with Crippen molar-refractivity contribution in [3.05, 3.63) is 18.2 Å². The predicted molar refractivity (Wildman–Crippen MR) is 58.0 cm³/mol. The van der Waals surface area contributed by atoms with Crippen LogP contribution in [0, 0.1) is 0 Å². The number of rotatable bonds is 7. The molecule has 0 aliphatic carbocycles. The molecule has 5 heteroatoms. The molecule has 0 saturated carbocycles. The molecule has 1 rings (SSSR count). The zero-order valence-corrected chi connectivity index (χ0v) is 8.83. The average molecular weight is 210 g/mol. The lowest BCUT2D eigenvalue weighted by molar-refractivity contribution is -0.121. The Bertz CT molecular complexity index is 271. The Balaban J connectivity index is 2.04. The molecule has 0 radical (unpaired) electrons. The third kappa shape index (κ3) is 5.17. The van der Waals surface area contributed by atoms with Crippen LogP contribution in [0.4, 0.5) is 0 Å². The highest BCUT2D eigenvalue weighted by Crippen LogP contribution is 1.98. The monoisotopic (exact) mass is 210 g/mol. The minimum atomic E-state index is 0.0726. The number of imidazole rings is 1. The number of aromatic amines is 1. The Kier molecular flexibility index (Phi) is 5.47. The molecule has 1 amide bonds. The SMILES string of the molecule is NCCCCCC(=O)NCc1ncc[nH]1. The lowest BCUT2D eigenvalue weighted by Gasteiger charge is -2.02. The van der Waals surface area contributed by atoms with Crippen molar-refractivity contribution in [3.8, 4) is 0 Å². The number of amides is 1. The van der Waals surface area contributed by atoms with Gasteiger partial charge >= 0.3 is 0 Å². The summed E-state index contributed by atoms with van der Waals surface area (Å²) in [6.07, 6.45) is 6.89. The number of unbranched alkanes of at least 4 members (excludes halogenated alkanes) is 2. The van der Waals surface area contributed by atoms with Gasteiger partial charge in [0, 0.05) is 18.8 Å². The maximum Gasteiger partial charge on any atom is 0.220 e. The van der Waals surface area contributed by atoms with Gasteiger partial charge in [-0.3, -0.25) is 4.79 Å². The summed E-state index contributed by atoms with van der Waals surface area (Å²) in [6.45, 7) is 1.18. The van der Waals surface area contributed by atoms with Crippen LogP contribution in [0.25, 0.3) is 0 Å². The van der Waals surface area contributed by atoms with Crippen LogP contribution in [0.1, 0.15) is 31.5 Å². The molecule has 0 saturated heterocycles. The van der Waals surface area contributed by atoms with Gasteiger partial charge in [0.05, 0.1) is 6.54 Å². The molecular weight excluding hydrogens is 192 g/mol. The maximum atomic E-state index is 11.3. The van der Waals surface area contributed by atoms with E-state index in [0.717, 1.165) is 25.1 Å². The number of nitrogens with two attached hydrogens (primary N) is 1. The average Bonchev–Trinajstić information content (AvgIpc) is 2.74. The van der Waals surface area contributed by atoms with Gasteiger partial charge < -0.3 is 16.0 Å². The van der Waals surface area contributed by atoms with E-state index in [4.69, 9.17) is 5.73 Å². The highest BCUT2D eigenvalue weighted by Gasteiger charge is 2.01. The van der Waals surface area contributed by atoms with E-state index in [-0.39, 0.29) is 5.91 Å². The first kappa shape index (κ1) is 11.7. The Labute approximate surface area is 89.5 Å². The molecule has 0 spiro atoms. The van der Waals surface area contributed by atoms with Crippen LogP contribution in [-0.4, -0.2) is 22.4 Å². The molecule has 0 atom stereocenters.